The van der Waals surface area contributed by atoms with Crippen LogP contribution >= 0.6 is 0 Å². The lowest BCUT2D eigenvalue weighted by molar-refractivity contribution is -0.128. The number of ketones is 1. The van der Waals surface area contributed by atoms with Gasteiger partial charge in [0, 0.05) is 24.9 Å². The maximum Gasteiger partial charge on any atom is 0.290 e. The number of Topliss-reactive ketones (excluding diaryl/α,β-unsaturated/α-hetero) is 1. The van der Waals surface area contributed by atoms with Crippen molar-refractivity contribution in [3.05, 3.63) is 53.1 Å². The van der Waals surface area contributed by atoms with Gasteiger partial charge in [-0.1, -0.05) is 24.3 Å². The van der Waals surface area contributed by atoms with Gasteiger partial charge < -0.3 is 25.1 Å². The first-order chi connectivity index (χ1) is 15.9. The van der Waals surface area contributed by atoms with E-state index >= 15 is 0 Å². The molecule has 0 aliphatic carbocycles. The van der Waals surface area contributed by atoms with Gasteiger partial charge in [-0.2, -0.15) is 0 Å². The van der Waals surface area contributed by atoms with Gasteiger partial charge in [0.15, 0.2) is 5.82 Å². The molecular weight excluding hydrogens is 424 g/mol. The Morgan fingerprint density at radius 1 is 1.24 bits per heavy atom. The Bertz CT molecular complexity index is 985. The summed E-state index contributed by atoms with van der Waals surface area (Å²) in [6, 6.07) is 6.23. The molecular formula is C24H30N4O5. The number of aliphatic hydroxyl groups excluding tert-OH is 1. The predicted molar refractivity (Wildman–Crippen MR) is 120 cm³/mol. The van der Waals surface area contributed by atoms with E-state index in [1.54, 1.807) is 6.20 Å². The van der Waals surface area contributed by atoms with Gasteiger partial charge in [0.05, 0.1) is 12.6 Å². The van der Waals surface area contributed by atoms with Crippen LogP contribution in [0.5, 0.6) is 0 Å². The second kappa shape index (κ2) is 11.5. The normalized spacial score (nSPS) is 16.4. The van der Waals surface area contributed by atoms with Crippen molar-refractivity contribution >= 4 is 23.9 Å². The number of benzene rings is 1. The zero-order chi connectivity index (χ0) is 23.8. The predicted octanol–water partition coefficient (Wildman–Crippen LogP) is 1.34. The molecule has 1 saturated heterocycles. The molecule has 1 aliphatic heterocycles. The van der Waals surface area contributed by atoms with Gasteiger partial charge >= 0.3 is 0 Å². The lowest BCUT2D eigenvalue weighted by atomic mass is 10.1. The van der Waals surface area contributed by atoms with Crippen LogP contribution in [0, 0.1) is 0 Å². The fourth-order valence-electron chi connectivity index (χ4n) is 4.03. The summed E-state index contributed by atoms with van der Waals surface area (Å²) in [6.45, 7) is 1.81. The van der Waals surface area contributed by atoms with Crippen molar-refractivity contribution in [2.45, 2.75) is 64.1 Å². The van der Waals surface area contributed by atoms with Crippen LogP contribution in [0.15, 0.2) is 30.5 Å². The first-order valence-electron chi connectivity index (χ1n) is 11.2. The summed E-state index contributed by atoms with van der Waals surface area (Å²) in [5.41, 5.74) is 2.89. The molecule has 33 heavy (non-hydrogen) atoms. The minimum absolute atomic E-state index is 0.0286. The van der Waals surface area contributed by atoms with Crippen molar-refractivity contribution in [3.8, 4) is 0 Å². The van der Waals surface area contributed by atoms with E-state index < -0.39 is 18.0 Å². The lowest BCUT2D eigenvalue weighted by Gasteiger charge is -2.24. The van der Waals surface area contributed by atoms with Crippen LogP contribution in [0.3, 0.4) is 0 Å². The molecule has 9 heteroatoms. The fourth-order valence-corrected chi connectivity index (χ4v) is 4.03. The van der Waals surface area contributed by atoms with Crippen LogP contribution < -0.4 is 5.32 Å². The van der Waals surface area contributed by atoms with Crippen molar-refractivity contribution in [3.63, 3.8) is 0 Å². The number of aliphatic hydroxyl groups is 1. The molecule has 0 saturated carbocycles. The van der Waals surface area contributed by atoms with Crippen molar-refractivity contribution in [1.82, 2.24) is 20.2 Å². The molecule has 0 bridgehead atoms. The molecule has 3 N–H and O–H groups in total. The maximum atomic E-state index is 13.0. The highest BCUT2D eigenvalue weighted by Crippen LogP contribution is 2.20. The number of rotatable bonds is 11. The molecule has 0 unspecified atom stereocenters. The van der Waals surface area contributed by atoms with E-state index in [0.29, 0.717) is 25.7 Å². The van der Waals surface area contributed by atoms with Crippen molar-refractivity contribution in [2.75, 3.05) is 6.54 Å². The van der Waals surface area contributed by atoms with Gasteiger partial charge in [-0.25, -0.2) is 4.98 Å². The molecule has 0 radical (unpaired) electrons. The van der Waals surface area contributed by atoms with Gasteiger partial charge in [0.25, 0.3) is 5.91 Å². The molecule has 2 aromatic rings. The Balaban J connectivity index is 1.55. The molecule has 176 valence electrons. The number of likely N-dealkylation sites (tertiary alicyclic amines) is 1. The minimum Gasteiger partial charge on any atom is -0.392 e. The van der Waals surface area contributed by atoms with Crippen molar-refractivity contribution in [2.24, 2.45) is 0 Å². The number of carbonyl (C=O) groups is 4. The number of aromatic amines is 1. The van der Waals surface area contributed by atoms with Crippen LogP contribution in [-0.2, 0) is 33.8 Å². The number of H-pyrrole nitrogens is 1. The number of amides is 2. The second-order valence-corrected chi connectivity index (χ2v) is 8.40. The fraction of sp³-hybridized carbons (Fsp3) is 0.458. The molecule has 9 nitrogen and oxygen atoms in total. The third-order valence-corrected chi connectivity index (χ3v) is 5.76. The first kappa shape index (κ1) is 24.3. The third kappa shape index (κ3) is 6.58. The van der Waals surface area contributed by atoms with E-state index in [2.05, 4.69) is 15.3 Å². The number of aryl methyl sites for hydroxylation is 2. The Hall–Kier alpha value is -3.33. The van der Waals surface area contributed by atoms with Crippen LogP contribution in [0.4, 0.5) is 0 Å². The van der Waals surface area contributed by atoms with Gasteiger partial charge in [-0.3, -0.25) is 14.4 Å². The largest absolute Gasteiger partial charge is 0.392 e. The SMILES string of the molecule is CC(=O)C[C@@H](C=O)NC(=O)[C@@H]1CCCN1C(=O)c1ncc(CCCc2ccc(CO)cc2)[nH]1. The lowest BCUT2D eigenvalue weighted by Crippen LogP contribution is -2.49. The Morgan fingerprint density at radius 3 is 2.64 bits per heavy atom. The number of hydrogen-bond acceptors (Lipinski definition) is 6. The topological polar surface area (TPSA) is 132 Å². The molecule has 2 amide bonds. The standard InChI is InChI=1S/C24H30N4O5/c1-16(31)12-20(15-30)27-23(32)21-6-3-11-28(21)24(33)22-25-13-19(26-22)5-2-4-17-7-9-18(14-29)10-8-17/h7-10,13,15,20-21,29H,2-6,11-12,14H2,1H3,(H,25,26)(H,27,32)/t20-,21-/m0/s1. The van der Waals surface area contributed by atoms with Gasteiger partial charge in [-0.05, 0) is 50.2 Å². The third-order valence-electron chi connectivity index (χ3n) is 5.76. The van der Waals surface area contributed by atoms with Gasteiger partial charge in [-0.15, -0.1) is 0 Å². The number of aromatic nitrogens is 2. The summed E-state index contributed by atoms with van der Waals surface area (Å²) in [4.78, 5) is 56.8. The molecule has 1 fully saturated rings. The summed E-state index contributed by atoms with van der Waals surface area (Å²) in [5, 5.41) is 11.7. The van der Waals surface area contributed by atoms with Crippen LogP contribution in [0.25, 0.3) is 0 Å². The van der Waals surface area contributed by atoms with Crippen LogP contribution in [0.2, 0.25) is 0 Å². The smallest absolute Gasteiger partial charge is 0.290 e. The molecule has 2 atom stereocenters. The van der Waals surface area contributed by atoms with Crippen LogP contribution in [-0.4, -0.2) is 62.5 Å². The monoisotopic (exact) mass is 454 g/mol. The first-order valence-corrected chi connectivity index (χ1v) is 11.2. The summed E-state index contributed by atoms with van der Waals surface area (Å²) >= 11 is 0. The number of hydrogen-bond donors (Lipinski definition) is 3. The number of nitrogens with one attached hydrogen (secondary N) is 2. The van der Waals surface area contributed by atoms with Crippen LogP contribution in [0.1, 0.15) is 60.0 Å². The summed E-state index contributed by atoms with van der Waals surface area (Å²) in [5.74, 6) is -0.796. The van der Waals surface area contributed by atoms with E-state index in [-0.39, 0.29) is 30.5 Å². The molecule has 2 heterocycles. The maximum absolute atomic E-state index is 13.0. The van der Waals surface area contributed by atoms with E-state index in [4.69, 9.17) is 5.11 Å². The average molecular weight is 455 g/mol. The number of nitrogens with zero attached hydrogens (tertiary/aromatic N) is 2. The van der Waals surface area contributed by atoms with E-state index in [1.807, 2.05) is 24.3 Å². The highest BCUT2D eigenvalue weighted by atomic mass is 16.3. The summed E-state index contributed by atoms with van der Waals surface area (Å²) < 4.78 is 0. The number of imidazole rings is 1. The van der Waals surface area contributed by atoms with Gasteiger partial charge in [0.1, 0.15) is 18.1 Å². The highest BCUT2D eigenvalue weighted by molar-refractivity contribution is 5.96. The number of carbonyl (C=O) groups excluding carboxylic acids is 4. The molecule has 1 aliphatic rings. The highest BCUT2D eigenvalue weighted by Gasteiger charge is 2.36. The summed E-state index contributed by atoms with van der Waals surface area (Å²) in [7, 11) is 0. The average Bonchev–Trinajstić information content (AvgIpc) is 3.48. The number of aldehydes is 1. The minimum atomic E-state index is -0.886. The van der Waals surface area contributed by atoms with E-state index in [1.165, 1.54) is 17.4 Å². The van der Waals surface area contributed by atoms with E-state index in [9.17, 15) is 19.2 Å². The van der Waals surface area contributed by atoms with Gasteiger partial charge in [0.2, 0.25) is 5.91 Å². The molecule has 3 rings (SSSR count). The Labute approximate surface area is 192 Å². The zero-order valence-corrected chi connectivity index (χ0v) is 18.8. The molecule has 0 spiro atoms. The van der Waals surface area contributed by atoms with E-state index in [0.717, 1.165) is 30.5 Å². The molecule has 1 aromatic heterocycles. The second-order valence-electron chi connectivity index (χ2n) is 8.40. The quantitative estimate of drug-likeness (QED) is 0.439. The van der Waals surface area contributed by atoms with Crippen molar-refractivity contribution < 1.29 is 24.3 Å². The Morgan fingerprint density at radius 2 is 1.97 bits per heavy atom. The Kier molecular flexibility index (Phi) is 8.48. The molecule has 1 aromatic carbocycles. The zero-order valence-electron chi connectivity index (χ0n) is 18.8. The van der Waals surface area contributed by atoms with Crippen molar-refractivity contribution in [1.29, 1.82) is 0 Å². The summed E-state index contributed by atoms with van der Waals surface area (Å²) in [6.07, 6.45) is 5.73.